The van der Waals surface area contributed by atoms with E-state index in [1.807, 2.05) is 6.20 Å². The highest BCUT2D eigenvalue weighted by atomic mass is 19.1. The van der Waals surface area contributed by atoms with Gasteiger partial charge < -0.3 is 15.0 Å². The number of ether oxygens (including phenoxy) is 1. The minimum atomic E-state index is -0.521. The van der Waals surface area contributed by atoms with Crippen molar-refractivity contribution in [3.8, 4) is 0 Å². The minimum Gasteiger partial charge on any atom is -0.372 e. The first kappa shape index (κ1) is 20.7. The number of nitrogens with zero attached hydrogens (tertiary/aromatic N) is 3. The predicted octanol–water partition coefficient (Wildman–Crippen LogP) is 3.67. The van der Waals surface area contributed by atoms with Crippen LogP contribution in [0.15, 0.2) is 30.5 Å². The maximum Gasteiger partial charge on any atom is 0.254 e. The van der Waals surface area contributed by atoms with Gasteiger partial charge in [-0.3, -0.25) is 4.79 Å². The Hall–Kier alpha value is -2.54. The topological polar surface area (TPSA) is 67.4 Å². The molecular formula is C23H29FN4O2. The van der Waals surface area contributed by atoms with Gasteiger partial charge in [0.15, 0.2) is 0 Å². The molecule has 1 fully saturated rings. The van der Waals surface area contributed by atoms with Gasteiger partial charge in [0.1, 0.15) is 5.82 Å². The van der Waals surface area contributed by atoms with Crippen molar-refractivity contribution in [3.63, 3.8) is 0 Å². The SMILES string of the molecule is C[C@@H]1CN(c2ncc3c(n2)CC(C)(C)C[C@H]3NC(=O)c2ccccc2F)C[C@H](C)O1. The Morgan fingerprint density at radius 1 is 1.23 bits per heavy atom. The summed E-state index contributed by atoms with van der Waals surface area (Å²) in [6.07, 6.45) is 3.62. The second kappa shape index (κ2) is 7.95. The van der Waals surface area contributed by atoms with Crippen LogP contribution < -0.4 is 10.2 Å². The summed E-state index contributed by atoms with van der Waals surface area (Å²) in [6.45, 7) is 9.94. The van der Waals surface area contributed by atoms with Crippen LogP contribution in [0.3, 0.4) is 0 Å². The van der Waals surface area contributed by atoms with Crippen molar-refractivity contribution in [1.82, 2.24) is 15.3 Å². The number of rotatable bonds is 3. The summed E-state index contributed by atoms with van der Waals surface area (Å²) in [6, 6.07) is 5.78. The van der Waals surface area contributed by atoms with Crippen LogP contribution in [0, 0.1) is 11.2 Å². The van der Waals surface area contributed by atoms with E-state index in [4.69, 9.17) is 9.72 Å². The third kappa shape index (κ3) is 4.31. The zero-order valence-electron chi connectivity index (χ0n) is 18.0. The summed E-state index contributed by atoms with van der Waals surface area (Å²) in [7, 11) is 0. The van der Waals surface area contributed by atoms with Crippen molar-refractivity contribution in [2.24, 2.45) is 5.41 Å². The Kier molecular flexibility index (Phi) is 5.49. The fourth-order valence-corrected chi connectivity index (χ4v) is 4.54. The van der Waals surface area contributed by atoms with E-state index in [2.05, 4.69) is 42.9 Å². The van der Waals surface area contributed by atoms with Crippen LogP contribution in [-0.4, -0.2) is 41.2 Å². The normalized spacial score (nSPS) is 25.5. The van der Waals surface area contributed by atoms with Gasteiger partial charge in [-0.15, -0.1) is 0 Å². The third-order valence-electron chi connectivity index (χ3n) is 5.79. The van der Waals surface area contributed by atoms with E-state index in [1.165, 1.54) is 12.1 Å². The monoisotopic (exact) mass is 412 g/mol. The molecule has 6 nitrogen and oxygen atoms in total. The molecule has 1 aliphatic heterocycles. The molecule has 4 rings (SSSR count). The summed E-state index contributed by atoms with van der Waals surface area (Å²) in [5.41, 5.74) is 1.87. The van der Waals surface area contributed by atoms with Crippen LogP contribution in [0.2, 0.25) is 0 Å². The second-order valence-corrected chi connectivity index (χ2v) is 9.29. The molecule has 0 unspecified atom stereocenters. The molecule has 1 N–H and O–H groups in total. The summed E-state index contributed by atoms with van der Waals surface area (Å²) in [5.74, 6) is -0.235. The summed E-state index contributed by atoms with van der Waals surface area (Å²) in [4.78, 5) is 24.4. The average molecular weight is 413 g/mol. The molecule has 2 aliphatic rings. The lowest BCUT2D eigenvalue weighted by Gasteiger charge is -2.38. The van der Waals surface area contributed by atoms with Gasteiger partial charge in [0.2, 0.25) is 5.95 Å². The van der Waals surface area contributed by atoms with E-state index < -0.39 is 11.7 Å². The largest absolute Gasteiger partial charge is 0.372 e. The summed E-state index contributed by atoms with van der Waals surface area (Å²) in [5, 5.41) is 3.01. The van der Waals surface area contributed by atoms with Crippen LogP contribution >= 0.6 is 0 Å². The molecule has 1 aromatic carbocycles. The van der Waals surface area contributed by atoms with E-state index in [1.54, 1.807) is 12.1 Å². The molecule has 30 heavy (non-hydrogen) atoms. The zero-order valence-corrected chi connectivity index (χ0v) is 18.0. The number of amides is 1. The van der Waals surface area contributed by atoms with Gasteiger partial charge in [-0.25, -0.2) is 14.4 Å². The maximum absolute atomic E-state index is 14.1. The minimum absolute atomic E-state index is 0.0443. The highest BCUT2D eigenvalue weighted by molar-refractivity contribution is 5.94. The number of aromatic nitrogens is 2. The molecule has 3 atom stereocenters. The number of anilines is 1. The van der Waals surface area contributed by atoms with Crippen LogP contribution in [0.25, 0.3) is 0 Å². The fraction of sp³-hybridized carbons (Fsp3) is 0.522. The molecule has 1 aromatic heterocycles. The van der Waals surface area contributed by atoms with E-state index in [9.17, 15) is 9.18 Å². The Morgan fingerprint density at radius 2 is 1.93 bits per heavy atom. The van der Waals surface area contributed by atoms with Gasteiger partial charge in [-0.2, -0.15) is 0 Å². The first-order chi connectivity index (χ1) is 14.2. The Balaban J connectivity index is 1.61. The van der Waals surface area contributed by atoms with Gasteiger partial charge in [0.25, 0.3) is 5.91 Å². The maximum atomic E-state index is 14.1. The molecule has 7 heteroatoms. The molecule has 0 saturated carbocycles. The first-order valence-electron chi connectivity index (χ1n) is 10.5. The highest BCUT2D eigenvalue weighted by Crippen LogP contribution is 2.40. The molecule has 0 spiro atoms. The van der Waals surface area contributed by atoms with Gasteiger partial charge in [-0.05, 0) is 44.2 Å². The van der Waals surface area contributed by atoms with Crippen molar-refractivity contribution in [1.29, 1.82) is 0 Å². The lowest BCUT2D eigenvalue weighted by molar-refractivity contribution is -0.00575. The average Bonchev–Trinajstić information content (AvgIpc) is 2.66. The smallest absolute Gasteiger partial charge is 0.254 e. The highest BCUT2D eigenvalue weighted by Gasteiger charge is 2.35. The van der Waals surface area contributed by atoms with Gasteiger partial charge in [-0.1, -0.05) is 26.0 Å². The van der Waals surface area contributed by atoms with Crippen LogP contribution in [0.1, 0.15) is 61.8 Å². The van der Waals surface area contributed by atoms with E-state index in [-0.39, 0.29) is 29.2 Å². The number of carbonyl (C=O) groups excluding carboxylic acids is 1. The number of hydrogen-bond acceptors (Lipinski definition) is 5. The molecule has 1 aliphatic carbocycles. The number of benzene rings is 1. The molecule has 1 saturated heterocycles. The number of hydrogen-bond donors (Lipinski definition) is 1. The van der Waals surface area contributed by atoms with Gasteiger partial charge >= 0.3 is 0 Å². The molecule has 0 bridgehead atoms. The standard InChI is InChI=1S/C23H29FN4O2/c1-14-12-28(13-15(2)30-14)22-25-11-17-19(9-23(3,4)10-20(17)27-22)26-21(29)16-7-5-6-8-18(16)24/h5-8,11,14-15,19H,9-10,12-13H2,1-4H3,(H,26,29)/t14-,15+,19-/m1/s1. The van der Waals surface area contributed by atoms with E-state index in [0.29, 0.717) is 5.95 Å². The van der Waals surface area contributed by atoms with Crippen molar-refractivity contribution >= 4 is 11.9 Å². The van der Waals surface area contributed by atoms with E-state index >= 15 is 0 Å². The Bertz CT molecular complexity index is 939. The fourth-order valence-electron chi connectivity index (χ4n) is 4.54. The molecule has 160 valence electrons. The van der Waals surface area contributed by atoms with Crippen molar-refractivity contribution in [3.05, 3.63) is 53.1 Å². The van der Waals surface area contributed by atoms with Gasteiger partial charge in [0.05, 0.1) is 29.5 Å². The molecule has 2 heterocycles. The lowest BCUT2D eigenvalue weighted by atomic mass is 9.74. The summed E-state index contributed by atoms with van der Waals surface area (Å²) >= 11 is 0. The third-order valence-corrected chi connectivity index (χ3v) is 5.79. The molecule has 1 amide bonds. The van der Waals surface area contributed by atoms with Crippen molar-refractivity contribution in [2.45, 2.75) is 58.8 Å². The number of nitrogens with one attached hydrogen (secondary N) is 1. The van der Waals surface area contributed by atoms with Crippen LogP contribution in [0.4, 0.5) is 10.3 Å². The van der Waals surface area contributed by atoms with Crippen LogP contribution in [-0.2, 0) is 11.2 Å². The molecule has 2 aromatic rings. The quantitative estimate of drug-likeness (QED) is 0.833. The molecule has 0 radical (unpaired) electrons. The lowest BCUT2D eigenvalue weighted by Crippen LogP contribution is -2.46. The number of halogens is 1. The van der Waals surface area contributed by atoms with Crippen LogP contribution in [0.5, 0.6) is 0 Å². The Morgan fingerprint density at radius 3 is 2.63 bits per heavy atom. The van der Waals surface area contributed by atoms with Crippen molar-refractivity contribution < 1.29 is 13.9 Å². The van der Waals surface area contributed by atoms with E-state index in [0.717, 1.165) is 37.2 Å². The Labute approximate surface area is 176 Å². The molecular weight excluding hydrogens is 383 g/mol. The summed E-state index contributed by atoms with van der Waals surface area (Å²) < 4.78 is 19.9. The number of carbonyl (C=O) groups is 1. The predicted molar refractivity (Wildman–Crippen MR) is 113 cm³/mol. The number of fused-ring (bicyclic) bond motifs is 1. The zero-order chi connectivity index (χ0) is 21.5. The van der Waals surface area contributed by atoms with Crippen molar-refractivity contribution in [2.75, 3.05) is 18.0 Å². The van der Waals surface area contributed by atoms with Gasteiger partial charge in [0, 0.05) is 24.8 Å². The number of morpholine rings is 1. The second-order valence-electron chi connectivity index (χ2n) is 9.29. The first-order valence-corrected chi connectivity index (χ1v) is 10.5.